The molecule has 164 valence electrons. The summed E-state index contributed by atoms with van der Waals surface area (Å²) >= 11 is 0. The summed E-state index contributed by atoms with van der Waals surface area (Å²) in [5, 5.41) is 16.6. The first-order valence-electron chi connectivity index (χ1n) is 9.51. The number of nitrogens with two attached hydrogens (primary N) is 1. The van der Waals surface area contributed by atoms with Gasteiger partial charge in [-0.05, 0) is 30.3 Å². The highest BCUT2D eigenvalue weighted by Crippen LogP contribution is 2.29. The molecule has 0 aromatic heterocycles. The summed E-state index contributed by atoms with van der Waals surface area (Å²) in [6.07, 6.45) is 0. The van der Waals surface area contributed by atoms with E-state index in [4.69, 9.17) is 15.2 Å². The Labute approximate surface area is 178 Å². The minimum Gasteiger partial charge on any atom is -0.496 e. The Hall–Kier alpha value is -3.86. The zero-order valence-electron chi connectivity index (χ0n) is 16.9. The van der Waals surface area contributed by atoms with Crippen LogP contribution < -0.4 is 26.0 Å². The van der Waals surface area contributed by atoms with Crippen LogP contribution in [0.1, 0.15) is 10.4 Å². The third-order valence-corrected chi connectivity index (χ3v) is 4.76. The Bertz CT molecular complexity index is 990. The number of amides is 2. The van der Waals surface area contributed by atoms with E-state index in [2.05, 4.69) is 15.5 Å². The molecule has 0 unspecified atom stereocenters. The number of morpholine rings is 1. The predicted molar refractivity (Wildman–Crippen MR) is 115 cm³/mol. The highest BCUT2D eigenvalue weighted by atomic mass is 16.6. The number of ether oxygens (including phenoxy) is 2. The molecule has 0 aliphatic carbocycles. The van der Waals surface area contributed by atoms with E-state index in [-0.39, 0.29) is 23.5 Å². The maximum Gasteiger partial charge on any atom is 0.296 e. The zero-order chi connectivity index (χ0) is 22.4. The lowest BCUT2D eigenvalue weighted by molar-refractivity contribution is -0.384. The van der Waals surface area contributed by atoms with Gasteiger partial charge in [0.05, 0.1) is 43.4 Å². The average Bonchev–Trinajstić information content (AvgIpc) is 2.78. The molecule has 1 aliphatic rings. The number of nitrogens with one attached hydrogen (secondary N) is 2. The number of carbonyl (C=O) groups excluding carboxylic acids is 2. The fourth-order valence-corrected chi connectivity index (χ4v) is 3.17. The predicted octanol–water partition coefficient (Wildman–Crippen LogP) is 1.59. The number of hydrogen-bond acceptors (Lipinski definition) is 8. The van der Waals surface area contributed by atoms with Crippen molar-refractivity contribution in [2.45, 2.75) is 0 Å². The lowest BCUT2D eigenvalue weighted by Crippen LogP contribution is -2.36. The van der Waals surface area contributed by atoms with Gasteiger partial charge in [-0.1, -0.05) is 0 Å². The maximum absolute atomic E-state index is 12.3. The summed E-state index contributed by atoms with van der Waals surface area (Å²) in [4.78, 5) is 37.0. The van der Waals surface area contributed by atoms with Gasteiger partial charge < -0.3 is 30.7 Å². The largest absolute Gasteiger partial charge is 0.496 e. The van der Waals surface area contributed by atoms with Crippen LogP contribution in [0.3, 0.4) is 0 Å². The Morgan fingerprint density at radius 3 is 2.55 bits per heavy atom. The van der Waals surface area contributed by atoms with Gasteiger partial charge in [-0.15, -0.1) is 0 Å². The second kappa shape index (κ2) is 9.76. The summed E-state index contributed by atoms with van der Waals surface area (Å²) in [5.74, 6) is -0.862. The van der Waals surface area contributed by atoms with Gasteiger partial charge in [-0.2, -0.15) is 0 Å². The summed E-state index contributed by atoms with van der Waals surface area (Å²) in [6, 6.07) is 9.29. The van der Waals surface area contributed by atoms with Crippen LogP contribution in [0.2, 0.25) is 0 Å². The van der Waals surface area contributed by atoms with Crippen molar-refractivity contribution in [3.63, 3.8) is 0 Å². The van der Waals surface area contributed by atoms with Crippen molar-refractivity contribution in [2.75, 3.05) is 55.5 Å². The van der Waals surface area contributed by atoms with Crippen molar-refractivity contribution in [2.24, 2.45) is 5.73 Å². The number of nitro groups is 1. The smallest absolute Gasteiger partial charge is 0.296 e. The van der Waals surface area contributed by atoms with Gasteiger partial charge in [-0.25, -0.2) is 0 Å². The van der Waals surface area contributed by atoms with Crippen molar-refractivity contribution < 1.29 is 24.0 Å². The summed E-state index contributed by atoms with van der Waals surface area (Å²) in [6.45, 7) is 2.38. The number of benzene rings is 2. The van der Waals surface area contributed by atoms with Crippen LogP contribution in [0.5, 0.6) is 5.75 Å². The molecule has 11 heteroatoms. The van der Waals surface area contributed by atoms with Crippen molar-refractivity contribution in [3.8, 4) is 5.75 Å². The number of methoxy groups -OCH3 is 1. The number of nitro benzene ring substituents is 1. The second-order valence-corrected chi connectivity index (χ2v) is 6.74. The Morgan fingerprint density at radius 1 is 1.19 bits per heavy atom. The minimum atomic E-state index is -0.635. The number of carbonyl (C=O) groups is 2. The molecule has 3 rings (SSSR count). The molecule has 11 nitrogen and oxygen atoms in total. The molecule has 1 aliphatic heterocycles. The third-order valence-electron chi connectivity index (χ3n) is 4.76. The van der Waals surface area contributed by atoms with E-state index in [1.807, 2.05) is 6.07 Å². The van der Waals surface area contributed by atoms with Crippen LogP contribution in [0.15, 0.2) is 36.4 Å². The topological polar surface area (TPSA) is 149 Å². The van der Waals surface area contributed by atoms with Crippen LogP contribution in [-0.4, -0.2) is 56.7 Å². The van der Waals surface area contributed by atoms with E-state index in [0.29, 0.717) is 37.7 Å². The Balaban J connectivity index is 1.70. The van der Waals surface area contributed by atoms with E-state index in [0.717, 1.165) is 5.69 Å². The SMILES string of the molecule is COc1ccc(NC(=O)CNc2ccc(N3CCOCC3)cc2C(N)=O)c([N+](=O)[O-])c1. The van der Waals surface area contributed by atoms with Crippen LogP contribution in [0.4, 0.5) is 22.7 Å². The van der Waals surface area contributed by atoms with Crippen LogP contribution >= 0.6 is 0 Å². The van der Waals surface area contributed by atoms with E-state index in [1.54, 1.807) is 12.1 Å². The first kappa shape index (κ1) is 21.8. The monoisotopic (exact) mass is 429 g/mol. The van der Waals surface area contributed by atoms with Gasteiger partial charge in [0, 0.05) is 24.5 Å². The number of nitrogens with zero attached hydrogens (tertiary/aromatic N) is 2. The van der Waals surface area contributed by atoms with Crippen LogP contribution in [0, 0.1) is 10.1 Å². The molecule has 0 atom stereocenters. The van der Waals surface area contributed by atoms with Gasteiger partial charge in [0.2, 0.25) is 5.91 Å². The van der Waals surface area contributed by atoms with Crippen LogP contribution in [-0.2, 0) is 9.53 Å². The fraction of sp³-hybridized carbons (Fsp3) is 0.300. The molecule has 0 saturated carbocycles. The number of anilines is 3. The summed E-state index contributed by atoms with van der Waals surface area (Å²) < 4.78 is 10.3. The molecular formula is C20H23N5O6. The van der Waals surface area contributed by atoms with E-state index < -0.39 is 16.7 Å². The molecule has 0 spiro atoms. The second-order valence-electron chi connectivity index (χ2n) is 6.74. The van der Waals surface area contributed by atoms with E-state index in [9.17, 15) is 19.7 Å². The van der Waals surface area contributed by atoms with Crippen molar-refractivity contribution in [1.82, 2.24) is 0 Å². The molecular weight excluding hydrogens is 406 g/mol. The molecule has 1 saturated heterocycles. The van der Waals surface area contributed by atoms with Crippen molar-refractivity contribution in [3.05, 3.63) is 52.1 Å². The molecule has 2 amide bonds. The number of hydrogen-bond donors (Lipinski definition) is 3. The number of rotatable bonds is 8. The highest BCUT2D eigenvalue weighted by molar-refractivity contribution is 6.01. The molecule has 4 N–H and O–H groups in total. The fourth-order valence-electron chi connectivity index (χ4n) is 3.17. The first-order chi connectivity index (χ1) is 14.9. The molecule has 1 fully saturated rings. The summed E-state index contributed by atoms with van der Waals surface area (Å²) in [7, 11) is 1.39. The summed E-state index contributed by atoms with van der Waals surface area (Å²) in [5.41, 5.74) is 6.73. The van der Waals surface area contributed by atoms with E-state index >= 15 is 0 Å². The maximum atomic E-state index is 12.3. The molecule has 0 bridgehead atoms. The normalized spacial score (nSPS) is 13.4. The molecule has 2 aromatic carbocycles. The lowest BCUT2D eigenvalue weighted by atomic mass is 10.1. The van der Waals surface area contributed by atoms with Crippen molar-refractivity contribution >= 4 is 34.6 Å². The average molecular weight is 429 g/mol. The highest BCUT2D eigenvalue weighted by Gasteiger charge is 2.19. The standard InChI is InChI=1S/C20H23N5O6/c1-30-14-3-5-17(18(11-14)25(28)29)23-19(26)12-22-16-4-2-13(10-15(16)20(21)27)24-6-8-31-9-7-24/h2-5,10-11,22H,6-9,12H2,1H3,(H2,21,27)(H,23,26). The number of primary amides is 1. The minimum absolute atomic E-state index is 0.0374. The molecule has 31 heavy (non-hydrogen) atoms. The Morgan fingerprint density at radius 2 is 1.90 bits per heavy atom. The van der Waals surface area contributed by atoms with E-state index in [1.165, 1.54) is 25.3 Å². The van der Waals surface area contributed by atoms with Crippen molar-refractivity contribution in [1.29, 1.82) is 0 Å². The van der Waals surface area contributed by atoms with Gasteiger partial charge in [0.25, 0.3) is 11.6 Å². The van der Waals surface area contributed by atoms with Gasteiger partial charge in [0.15, 0.2) is 0 Å². The molecule has 2 aromatic rings. The third kappa shape index (κ3) is 5.39. The zero-order valence-corrected chi connectivity index (χ0v) is 16.9. The quantitative estimate of drug-likeness (QED) is 0.423. The van der Waals surface area contributed by atoms with Gasteiger partial charge >= 0.3 is 0 Å². The lowest BCUT2D eigenvalue weighted by Gasteiger charge is -2.29. The Kier molecular flexibility index (Phi) is 6.88. The van der Waals surface area contributed by atoms with Gasteiger partial charge in [-0.3, -0.25) is 19.7 Å². The first-order valence-corrected chi connectivity index (χ1v) is 9.51. The molecule has 0 radical (unpaired) electrons. The van der Waals surface area contributed by atoms with Crippen LogP contribution in [0.25, 0.3) is 0 Å². The molecule has 1 heterocycles. The van der Waals surface area contributed by atoms with Gasteiger partial charge in [0.1, 0.15) is 11.4 Å².